The smallest absolute Gasteiger partial charge is 0.0939 e. The summed E-state index contributed by atoms with van der Waals surface area (Å²) in [6.45, 7) is 3.12. The molecule has 70 valence electrons. The Bertz CT molecular complexity index is 152. The monoisotopic (exact) mass is 171 g/mol. The number of morpholine rings is 1. The van der Waals surface area contributed by atoms with Gasteiger partial charge in [0.2, 0.25) is 0 Å². The third kappa shape index (κ3) is 2.48. The van der Waals surface area contributed by atoms with Gasteiger partial charge in [-0.25, -0.2) is 0 Å². The molecule has 12 heavy (non-hydrogen) atoms. The van der Waals surface area contributed by atoms with Gasteiger partial charge in [-0.2, -0.15) is 0 Å². The fourth-order valence-electron chi connectivity index (χ4n) is 1.27. The van der Waals surface area contributed by atoms with Crippen molar-refractivity contribution >= 4 is 0 Å². The van der Waals surface area contributed by atoms with Crippen molar-refractivity contribution < 1.29 is 4.74 Å². The zero-order valence-electron chi connectivity index (χ0n) is 7.47. The fourth-order valence-corrected chi connectivity index (χ4v) is 1.27. The normalized spacial score (nSPS) is 25.5. The van der Waals surface area contributed by atoms with Gasteiger partial charge in [-0.15, -0.1) is 0 Å². The highest BCUT2D eigenvalue weighted by Gasteiger charge is 2.16. The Labute approximate surface area is 73.2 Å². The minimum absolute atomic E-state index is 0.149. The van der Waals surface area contributed by atoms with E-state index in [-0.39, 0.29) is 6.10 Å². The van der Waals surface area contributed by atoms with Crippen molar-refractivity contribution in [3.05, 3.63) is 11.8 Å². The van der Waals surface area contributed by atoms with Crippen LogP contribution in [0.2, 0.25) is 0 Å². The Morgan fingerprint density at radius 2 is 2.67 bits per heavy atom. The second-order valence-electron chi connectivity index (χ2n) is 2.78. The van der Waals surface area contributed by atoms with Crippen molar-refractivity contribution in [1.29, 1.82) is 0 Å². The predicted octanol–water partition coefficient (Wildman–Crippen LogP) is -0.963. The topological polar surface area (TPSA) is 59.3 Å². The van der Waals surface area contributed by atoms with Crippen LogP contribution in [0.15, 0.2) is 11.8 Å². The van der Waals surface area contributed by atoms with Crippen LogP contribution in [0.5, 0.6) is 0 Å². The Kier molecular flexibility index (Phi) is 4.07. The van der Waals surface area contributed by atoms with Crippen molar-refractivity contribution in [3.8, 4) is 0 Å². The molecule has 4 nitrogen and oxygen atoms in total. The van der Waals surface area contributed by atoms with Gasteiger partial charge >= 0.3 is 0 Å². The maximum atomic E-state index is 5.57. The lowest BCUT2D eigenvalue weighted by molar-refractivity contribution is 0.0508. The Morgan fingerprint density at radius 3 is 3.17 bits per heavy atom. The lowest BCUT2D eigenvalue weighted by Gasteiger charge is -2.25. The van der Waals surface area contributed by atoms with Crippen LogP contribution in [0, 0.1) is 0 Å². The molecule has 1 rings (SSSR count). The highest BCUT2D eigenvalue weighted by Crippen LogP contribution is 2.06. The maximum absolute atomic E-state index is 5.57. The van der Waals surface area contributed by atoms with E-state index in [9.17, 15) is 0 Å². The standard InChI is InChI=1S/C8H17N3O/c1-10-5-7(4-9)8-6-11-2-3-12-8/h5,8,10-11H,2-4,6,9H2,1H3/b7-5+. The summed E-state index contributed by atoms with van der Waals surface area (Å²) in [6.07, 6.45) is 2.06. The average Bonchev–Trinajstić information content (AvgIpc) is 2.15. The van der Waals surface area contributed by atoms with Crippen molar-refractivity contribution in [2.45, 2.75) is 6.10 Å². The van der Waals surface area contributed by atoms with Crippen LogP contribution < -0.4 is 16.4 Å². The van der Waals surface area contributed by atoms with E-state index in [0.29, 0.717) is 6.54 Å². The lowest BCUT2D eigenvalue weighted by atomic mass is 10.1. The van der Waals surface area contributed by atoms with Crippen molar-refractivity contribution in [1.82, 2.24) is 10.6 Å². The van der Waals surface area contributed by atoms with E-state index in [1.807, 2.05) is 13.2 Å². The SMILES string of the molecule is CN/C=C(\CN)C1CNCCO1. The molecule has 0 amide bonds. The summed E-state index contributed by atoms with van der Waals surface area (Å²) in [6, 6.07) is 0. The van der Waals surface area contributed by atoms with E-state index in [2.05, 4.69) is 10.6 Å². The van der Waals surface area contributed by atoms with Gasteiger partial charge in [0.15, 0.2) is 0 Å². The maximum Gasteiger partial charge on any atom is 0.0939 e. The molecule has 4 heteroatoms. The van der Waals surface area contributed by atoms with E-state index in [1.165, 1.54) is 0 Å². The van der Waals surface area contributed by atoms with E-state index in [0.717, 1.165) is 25.3 Å². The molecule has 0 aromatic heterocycles. The van der Waals surface area contributed by atoms with Crippen LogP contribution in [0.25, 0.3) is 0 Å². The first kappa shape index (κ1) is 9.51. The molecule has 1 heterocycles. The van der Waals surface area contributed by atoms with Gasteiger partial charge in [0, 0.05) is 26.7 Å². The van der Waals surface area contributed by atoms with Crippen molar-refractivity contribution in [2.75, 3.05) is 33.3 Å². The zero-order valence-corrected chi connectivity index (χ0v) is 7.47. The summed E-state index contributed by atoms with van der Waals surface area (Å²) in [7, 11) is 1.87. The minimum atomic E-state index is 0.149. The van der Waals surface area contributed by atoms with E-state index >= 15 is 0 Å². The second kappa shape index (κ2) is 5.13. The highest BCUT2D eigenvalue weighted by atomic mass is 16.5. The molecule has 0 bridgehead atoms. The molecule has 1 aliphatic heterocycles. The fraction of sp³-hybridized carbons (Fsp3) is 0.750. The van der Waals surface area contributed by atoms with Gasteiger partial charge in [0.25, 0.3) is 0 Å². The molecule has 0 saturated carbocycles. The molecule has 1 atom stereocenters. The minimum Gasteiger partial charge on any atom is -0.394 e. The first-order valence-electron chi connectivity index (χ1n) is 4.27. The molecule has 1 fully saturated rings. The summed E-state index contributed by atoms with van der Waals surface area (Å²) in [4.78, 5) is 0. The number of nitrogens with two attached hydrogens (primary N) is 1. The molecular weight excluding hydrogens is 154 g/mol. The molecule has 0 radical (unpaired) electrons. The third-order valence-corrected chi connectivity index (χ3v) is 1.91. The number of nitrogens with one attached hydrogen (secondary N) is 2. The third-order valence-electron chi connectivity index (χ3n) is 1.91. The summed E-state index contributed by atoms with van der Waals surface area (Å²) < 4.78 is 5.53. The summed E-state index contributed by atoms with van der Waals surface area (Å²) in [5.74, 6) is 0. The molecule has 0 spiro atoms. The van der Waals surface area contributed by atoms with Crippen LogP contribution in [0.1, 0.15) is 0 Å². The number of hydrogen-bond donors (Lipinski definition) is 3. The van der Waals surface area contributed by atoms with Gasteiger partial charge in [0.05, 0.1) is 12.7 Å². The highest BCUT2D eigenvalue weighted by molar-refractivity contribution is 5.10. The second-order valence-corrected chi connectivity index (χ2v) is 2.78. The molecule has 1 saturated heterocycles. The van der Waals surface area contributed by atoms with Crippen LogP contribution in [-0.4, -0.2) is 39.4 Å². The largest absolute Gasteiger partial charge is 0.394 e. The van der Waals surface area contributed by atoms with E-state index < -0.39 is 0 Å². The van der Waals surface area contributed by atoms with Gasteiger partial charge in [0.1, 0.15) is 0 Å². The van der Waals surface area contributed by atoms with E-state index in [4.69, 9.17) is 10.5 Å². The van der Waals surface area contributed by atoms with Crippen molar-refractivity contribution in [3.63, 3.8) is 0 Å². The Morgan fingerprint density at radius 1 is 1.83 bits per heavy atom. The van der Waals surface area contributed by atoms with Crippen LogP contribution >= 0.6 is 0 Å². The van der Waals surface area contributed by atoms with Crippen LogP contribution in [0.3, 0.4) is 0 Å². The lowest BCUT2D eigenvalue weighted by Crippen LogP contribution is -2.41. The molecule has 0 aliphatic carbocycles. The number of ether oxygens (including phenoxy) is 1. The average molecular weight is 171 g/mol. The quantitative estimate of drug-likeness (QED) is 0.512. The molecule has 1 unspecified atom stereocenters. The molecule has 4 N–H and O–H groups in total. The Balaban J connectivity index is 2.46. The predicted molar refractivity (Wildman–Crippen MR) is 48.8 cm³/mol. The summed E-state index contributed by atoms with van der Waals surface area (Å²) in [5, 5.41) is 6.23. The Hall–Kier alpha value is -0.580. The number of hydrogen-bond acceptors (Lipinski definition) is 4. The van der Waals surface area contributed by atoms with Gasteiger partial charge in [-0.3, -0.25) is 0 Å². The van der Waals surface area contributed by atoms with Gasteiger partial charge in [-0.05, 0) is 11.8 Å². The first-order valence-corrected chi connectivity index (χ1v) is 4.27. The summed E-state index contributed by atoms with van der Waals surface area (Å²) >= 11 is 0. The van der Waals surface area contributed by atoms with Crippen molar-refractivity contribution in [2.24, 2.45) is 5.73 Å². The van der Waals surface area contributed by atoms with E-state index in [1.54, 1.807) is 0 Å². The molecular formula is C8H17N3O. The van der Waals surface area contributed by atoms with Crippen LogP contribution in [-0.2, 0) is 4.74 Å². The van der Waals surface area contributed by atoms with Crippen LogP contribution in [0.4, 0.5) is 0 Å². The summed E-state index contributed by atoms with van der Waals surface area (Å²) in [5.41, 5.74) is 6.69. The van der Waals surface area contributed by atoms with Gasteiger partial charge < -0.3 is 21.1 Å². The zero-order chi connectivity index (χ0) is 8.81. The molecule has 0 aromatic rings. The number of rotatable bonds is 3. The molecule has 1 aliphatic rings. The first-order chi connectivity index (χ1) is 5.88. The van der Waals surface area contributed by atoms with Gasteiger partial charge in [-0.1, -0.05) is 0 Å². The molecule has 0 aromatic carbocycles.